The van der Waals surface area contributed by atoms with Crippen molar-refractivity contribution in [3.05, 3.63) is 77.6 Å². The number of rotatable bonds is 12. The number of hydrogen-bond acceptors (Lipinski definition) is 9. The van der Waals surface area contributed by atoms with Crippen molar-refractivity contribution in [3.63, 3.8) is 0 Å². The number of likely N-dealkylation sites (N-methyl/N-ethyl adjacent to an activating group) is 2. The number of methoxy groups -OCH3 is 1. The molecule has 1 aliphatic heterocycles. The highest BCUT2D eigenvalue weighted by molar-refractivity contribution is 6.02. The third-order valence-electron chi connectivity index (χ3n) is 8.46. The Hall–Kier alpha value is -5.21. The van der Waals surface area contributed by atoms with E-state index in [9.17, 15) is 14.9 Å². The van der Waals surface area contributed by atoms with Gasteiger partial charge in [0.25, 0.3) is 0 Å². The van der Waals surface area contributed by atoms with Gasteiger partial charge < -0.3 is 30.1 Å². The minimum atomic E-state index is -0.349. The zero-order valence-corrected chi connectivity index (χ0v) is 28.3. The largest absolute Gasteiger partial charge is 0.494 e. The van der Waals surface area contributed by atoms with E-state index in [4.69, 9.17) is 9.72 Å². The average Bonchev–Trinajstić information content (AvgIpc) is 3.19. The third kappa shape index (κ3) is 7.79. The maximum absolute atomic E-state index is 13.0. The second kappa shape index (κ2) is 15.4. The molecule has 246 valence electrons. The lowest BCUT2D eigenvalue weighted by Crippen LogP contribution is -2.29. The molecule has 1 unspecified atom stereocenters. The van der Waals surface area contributed by atoms with Crippen LogP contribution < -0.4 is 25.2 Å². The van der Waals surface area contributed by atoms with Crippen LogP contribution in [0.3, 0.4) is 0 Å². The lowest BCUT2D eigenvalue weighted by Gasteiger charge is -2.26. The quantitative estimate of drug-likeness (QED) is 0.244. The van der Waals surface area contributed by atoms with Crippen molar-refractivity contribution in [3.8, 4) is 11.8 Å². The fourth-order valence-corrected chi connectivity index (χ4v) is 5.70. The van der Waals surface area contributed by atoms with E-state index in [-0.39, 0.29) is 23.7 Å². The van der Waals surface area contributed by atoms with E-state index >= 15 is 0 Å². The molecule has 11 nitrogen and oxygen atoms in total. The first-order valence-corrected chi connectivity index (χ1v) is 15.7. The Labute approximate surface area is 277 Å². The van der Waals surface area contributed by atoms with E-state index in [0.717, 1.165) is 47.5 Å². The maximum atomic E-state index is 13.0. The molecule has 2 heterocycles. The number of amides is 2. The molecule has 0 aliphatic carbocycles. The SMILES string of the molecule is C=CC(=O)Nc1cc(Nc2ncc(C#N)c(C(=CC)c3cccc4c3CC(CC)CC(=O)N4C)n2)c(OC)cc1N(C)CCN(C)C. The van der Waals surface area contributed by atoms with Crippen molar-refractivity contribution < 1.29 is 14.3 Å². The summed E-state index contributed by atoms with van der Waals surface area (Å²) in [5.74, 6) is 0.704. The van der Waals surface area contributed by atoms with Crippen LogP contribution in [0.25, 0.3) is 5.57 Å². The Balaban J connectivity index is 1.80. The Bertz CT molecular complexity index is 1730. The fourth-order valence-electron chi connectivity index (χ4n) is 5.70. The van der Waals surface area contributed by atoms with E-state index in [1.165, 1.54) is 12.3 Å². The number of nitrogens with zero attached hydrogens (tertiary/aromatic N) is 6. The zero-order valence-electron chi connectivity index (χ0n) is 28.3. The van der Waals surface area contributed by atoms with Crippen LogP contribution >= 0.6 is 0 Å². The van der Waals surface area contributed by atoms with Crippen LogP contribution in [0.2, 0.25) is 0 Å². The molecule has 1 atom stereocenters. The van der Waals surface area contributed by atoms with Crippen molar-refractivity contribution in [2.45, 2.75) is 33.1 Å². The van der Waals surface area contributed by atoms with Crippen molar-refractivity contribution in [1.82, 2.24) is 14.9 Å². The van der Waals surface area contributed by atoms with Crippen LogP contribution in [0.1, 0.15) is 49.1 Å². The number of benzene rings is 2. The summed E-state index contributed by atoms with van der Waals surface area (Å²) in [5.41, 5.74) is 6.22. The normalized spacial score (nSPS) is 14.6. The average molecular weight is 637 g/mol. The molecule has 4 rings (SSSR count). The van der Waals surface area contributed by atoms with Crippen molar-refractivity contribution in [2.24, 2.45) is 5.92 Å². The number of carbonyl (C=O) groups is 2. The van der Waals surface area contributed by atoms with Gasteiger partial charge in [0.05, 0.1) is 41.6 Å². The van der Waals surface area contributed by atoms with Crippen LogP contribution in [-0.4, -0.2) is 75.1 Å². The van der Waals surface area contributed by atoms with Gasteiger partial charge in [-0.15, -0.1) is 0 Å². The van der Waals surface area contributed by atoms with E-state index in [1.807, 2.05) is 70.4 Å². The summed E-state index contributed by atoms with van der Waals surface area (Å²) in [6, 6.07) is 11.8. The summed E-state index contributed by atoms with van der Waals surface area (Å²) in [6.45, 7) is 9.13. The first kappa shape index (κ1) is 34.7. The molecule has 3 aromatic rings. The molecule has 11 heteroatoms. The van der Waals surface area contributed by atoms with Crippen molar-refractivity contribution in [1.29, 1.82) is 5.26 Å². The Kier molecular flexibility index (Phi) is 11.3. The van der Waals surface area contributed by atoms with Gasteiger partial charge in [0.1, 0.15) is 11.8 Å². The molecule has 2 N–H and O–H groups in total. The van der Waals surface area contributed by atoms with Gasteiger partial charge in [-0.3, -0.25) is 9.59 Å². The lowest BCUT2D eigenvalue weighted by atomic mass is 9.87. The number of anilines is 5. The number of ether oxygens (including phenoxy) is 1. The molecule has 1 aliphatic rings. The second-order valence-electron chi connectivity index (χ2n) is 11.8. The second-order valence-corrected chi connectivity index (χ2v) is 11.8. The minimum Gasteiger partial charge on any atom is -0.494 e. The predicted molar refractivity (Wildman–Crippen MR) is 188 cm³/mol. The number of allylic oxidation sites excluding steroid dienone is 1. The molecule has 2 amide bonds. The fraction of sp³-hybridized carbons (Fsp3) is 0.361. The monoisotopic (exact) mass is 636 g/mol. The van der Waals surface area contributed by atoms with Crippen LogP contribution in [0.4, 0.5) is 28.7 Å². The maximum Gasteiger partial charge on any atom is 0.247 e. The molecule has 0 spiro atoms. The highest BCUT2D eigenvalue weighted by atomic mass is 16.5. The molecule has 0 fully saturated rings. The summed E-state index contributed by atoms with van der Waals surface area (Å²) in [6.07, 6.45) is 6.76. The molecular formula is C36H44N8O3. The topological polar surface area (TPSA) is 127 Å². The molecular weight excluding hydrogens is 592 g/mol. The summed E-state index contributed by atoms with van der Waals surface area (Å²) >= 11 is 0. The van der Waals surface area contributed by atoms with Gasteiger partial charge in [0, 0.05) is 50.9 Å². The third-order valence-corrected chi connectivity index (χ3v) is 8.46. The molecule has 1 aromatic heterocycles. The van der Waals surface area contributed by atoms with Crippen LogP contribution in [0.5, 0.6) is 5.75 Å². The molecule has 0 saturated carbocycles. The smallest absolute Gasteiger partial charge is 0.247 e. The number of aromatic nitrogens is 2. The molecule has 2 aromatic carbocycles. The van der Waals surface area contributed by atoms with Gasteiger partial charge in [0.2, 0.25) is 17.8 Å². The summed E-state index contributed by atoms with van der Waals surface area (Å²) in [7, 11) is 9.34. The first-order chi connectivity index (χ1) is 22.5. The molecule has 47 heavy (non-hydrogen) atoms. The Morgan fingerprint density at radius 2 is 1.98 bits per heavy atom. The first-order valence-electron chi connectivity index (χ1n) is 15.7. The van der Waals surface area contributed by atoms with E-state index in [0.29, 0.717) is 41.3 Å². The van der Waals surface area contributed by atoms with Gasteiger partial charge in [-0.05, 0) is 62.7 Å². The number of fused-ring (bicyclic) bond motifs is 1. The highest BCUT2D eigenvalue weighted by Crippen LogP contribution is 2.40. The minimum absolute atomic E-state index is 0.0912. The Morgan fingerprint density at radius 3 is 2.62 bits per heavy atom. The number of carbonyl (C=O) groups excluding carboxylic acids is 2. The van der Waals surface area contributed by atoms with Crippen molar-refractivity contribution in [2.75, 3.05) is 68.8 Å². The van der Waals surface area contributed by atoms with E-state index in [2.05, 4.69) is 40.1 Å². The van der Waals surface area contributed by atoms with Crippen LogP contribution in [0.15, 0.2) is 55.3 Å². The summed E-state index contributed by atoms with van der Waals surface area (Å²) < 4.78 is 5.76. The van der Waals surface area contributed by atoms with Crippen LogP contribution in [-0.2, 0) is 16.0 Å². The number of hydrogen-bond donors (Lipinski definition) is 2. The highest BCUT2D eigenvalue weighted by Gasteiger charge is 2.28. The van der Waals surface area contributed by atoms with Gasteiger partial charge in [-0.2, -0.15) is 5.26 Å². The van der Waals surface area contributed by atoms with Gasteiger partial charge in [0.15, 0.2) is 0 Å². The Morgan fingerprint density at radius 1 is 1.21 bits per heavy atom. The summed E-state index contributed by atoms with van der Waals surface area (Å²) in [4.78, 5) is 40.5. The summed E-state index contributed by atoms with van der Waals surface area (Å²) in [5, 5.41) is 16.3. The number of nitrogens with one attached hydrogen (secondary N) is 2. The van der Waals surface area contributed by atoms with Crippen LogP contribution in [0, 0.1) is 17.2 Å². The van der Waals surface area contributed by atoms with Gasteiger partial charge in [-0.1, -0.05) is 38.1 Å². The van der Waals surface area contributed by atoms with E-state index in [1.54, 1.807) is 18.1 Å². The zero-order chi connectivity index (χ0) is 34.2. The van der Waals surface area contributed by atoms with E-state index < -0.39 is 0 Å². The molecule has 0 radical (unpaired) electrons. The lowest BCUT2D eigenvalue weighted by molar-refractivity contribution is -0.119. The van der Waals surface area contributed by atoms with Gasteiger partial charge >= 0.3 is 0 Å². The predicted octanol–water partition coefficient (Wildman–Crippen LogP) is 5.61. The van der Waals surface area contributed by atoms with Crippen molar-refractivity contribution >= 4 is 46.1 Å². The number of nitriles is 1. The van der Waals surface area contributed by atoms with Gasteiger partial charge in [-0.25, -0.2) is 9.97 Å². The standard InChI is InChI=1S/C36H44N8O3/c1-9-23-17-27-26(13-12-14-30(27)44(7)34(46)18-23)25(10-2)35-24(21-37)22-38-36(41-35)40-29-19-28(39-33(45)11-3)31(20-32(29)47-8)43(6)16-15-42(4)5/h10-14,19-20,22-23H,3,9,15-18H2,1-2,4-8H3,(H,39,45)(H,38,40,41). The molecule has 0 bridgehead atoms. The molecule has 0 saturated heterocycles.